The molecule has 2 heterocycles. The summed E-state index contributed by atoms with van der Waals surface area (Å²) in [7, 11) is 0. The van der Waals surface area contributed by atoms with Gasteiger partial charge < -0.3 is 15.4 Å². The number of hydrogen-bond acceptors (Lipinski definition) is 6. The summed E-state index contributed by atoms with van der Waals surface area (Å²) in [6, 6.07) is 18.3. The number of nitriles is 1. The SMILES string of the molecule is CC(C)(O)c1cccc(Cn2ccc(-c3cc(-c4cccc(C#N)c4F)nc(N)n3)cc2=O)c1. The molecule has 170 valence electrons. The summed E-state index contributed by atoms with van der Waals surface area (Å²) < 4.78 is 16.2. The standard InChI is InChI=1S/C26H22FN5O2/c1-26(2,34)19-7-3-5-16(11-19)15-32-10-9-17(12-23(32)33)21-13-22(31-25(29)30-21)20-8-4-6-18(14-28)24(20)27/h3-13,34H,15H2,1-2H3,(H2,29,30,31). The maximum atomic E-state index is 14.7. The molecule has 4 rings (SSSR count). The lowest BCUT2D eigenvalue weighted by molar-refractivity contribution is 0.0785. The zero-order chi connectivity index (χ0) is 24.5. The lowest BCUT2D eigenvalue weighted by Gasteiger charge is -2.18. The van der Waals surface area contributed by atoms with Crippen LogP contribution in [0.4, 0.5) is 10.3 Å². The van der Waals surface area contributed by atoms with Crippen molar-refractivity contribution in [2.45, 2.75) is 26.0 Å². The normalized spacial score (nSPS) is 11.3. The molecule has 0 amide bonds. The average molecular weight is 455 g/mol. The second kappa shape index (κ2) is 8.89. The Hall–Kier alpha value is -4.35. The number of nitrogen functional groups attached to an aromatic ring is 1. The molecule has 4 aromatic rings. The molecule has 2 aromatic carbocycles. The summed E-state index contributed by atoms with van der Waals surface area (Å²) >= 11 is 0. The molecule has 3 N–H and O–H groups in total. The Kier molecular flexibility index (Phi) is 5.97. The van der Waals surface area contributed by atoms with Gasteiger partial charge in [0.25, 0.3) is 5.56 Å². The zero-order valence-electron chi connectivity index (χ0n) is 18.7. The second-order valence-corrected chi connectivity index (χ2v) is 8.42. The first kappa shape index (κ1) is 22.8. The van der Waals surface area contributed by atoms with Gasteiger partial charge in [-0.15, -0.1) is 0 Å². The maximum absolute atomic E-state index is 14.7. The van der Waals surface area contributed by atoms with E-state index >= 15 is 0 Å². The number of rotatable bonds is 5. The highest BCUT2D eigenvalue weighted by molar-refractivity contribution is 5.70. The van der Waals surface area contributed by atoms with Crippen LogP contribution in [0.3, 0.4) is 0 Å². The van der Waals surface area contributed by atoms with E-state index < -0.39 is 11.4 Å². The average Bonchev–Trinajstić information content (AvgIpc) is 2.80. The Bertz CT molecular complexity index is 1480. The first-order chi connectivity index (χ1) is 16.2. The molecule has 34 heavy (non-hydrogen) atoms. The molecule has 8 heteroatoms. The molecular weight excluding hydrogens is 433 g/mol. The highest BCUT2D eigenvalue weighted by atomic mass is 19.1. The van der Waals surface area contributed by atoms with Crippen LogP contribution in [0.1, 0.15) is 30.5 Å². The molecule has 0 unspecified atom stereocenters. The smallest absolute Gasteiger partial charge is 0.251 e. The predicted octanol–water partition coefficient (Wildman–Crippen LogP) is 3.84. The van der Waals surface area contributed by atoms with Gasteiger partial charge in [-0.05, 0) is 49.2 Å². The van der Waals surface area contributed by atoms with Crippen LogP contribution in [0, 0.1) is 17.1 Å². The fourth-order valence-electron chi connectivity index (χ4n) is 3.61. The molecule has 0 bridgehead atoms. The van der Waals surface area contributed by atoms with Gasteiger partial charge in [0.2, 0.25) is 5.95 Å². The number of pyridine rings is 1. The molecule has 2 aromatic heterocycles. The molecule has 0 saturated carbocycles. The topological polar surface area (TPSA) is 118 Å². The van der Waals surface area contributed by atoms with E-state index in [0.717, 1.165) is 11.1 Å². The van der Waals surface area contributed by atoms with Crippen molar-refractivity contribution in [2.24, 2.45) is 0 Å². The van der Waals surface area contributed by atoms with Crippen LogP contribution >= 0.6 is 0 Å². The summed E-state index contributed by atoms with van der Waals surface area (Å²) in [5.74, 6) is -0.778. The largest absolute Gasteiger partial charge is 0.386 e. The van der Waals surface area contributed by atoms with Gasteiger partial charge in [0.15, 0.2) is 0 Å². The van der Waals surface area contributed by atoms with Gasteiger partial charge in [-0.3, -0.25) is 4.79 Å². The molecule has 0 fully saturated rings. The minimum Gasteiger partial charge on any atom is -0.386 e. The van der Waals surface area contributed by atoms with Crippen molar-refractivity contribution in [3.05, 3.63) is 99.7 Å². The summed E-state index contributed by atoms with van der Waals surface area (Å²) in [6.07, 6.45) is 1.64. The van der Waals surface area contributed by atoms with Crippen LogP contribution in [0.15, 0.2) is 71.7 Å². The Morgan fingerprint density at radius 2 is 1.82 bits per heavy atom. The van der Waals surface area contributed by atoms with Gasteiger partial charge in [-0.1, -0.05) is 30.3 Å². The predicted molar refractivity (Wildman–Crippen MR) is 127 cm³/mol. The van der Waals surface area contributed by atoms with Crippen molar-refractivity contribution < 1.29 is 9.50 Å². The molecule has 0 radical (unpaired) electrons. The van der Waals surface area contributed by atoms with E-state index in [0.29, 0.717) is 17.8 Å². The molecule has 0 saturated heterocycles. The monoisotopic (exact) mass is 455 g/mol. The maximum Gasteiger partial charge on any atom is 0.251 e. The van der Waals surface area contributed by atoms with Crippen molar-refractivity contribution in [3.8, 4) is 28.6 Å². The molecule has 0 atom stereocenters. The summed E-state index contributed by atoms with van der Waals surface area (Å²) in [5, 5.41) is 19.3. The van der Waals surface area contributed by atoms with Crippen molar-refractivity contribution in [2.75, 3.05) is 5.73 Å². The van der Waals surface area contributed by atoms with Gasteiger partial charge in [0.1, 0.15) is 11.9 Å². The van der Waals surface area contributed by atoms with Gasteiger partial charge in [-0.2, -0.15) is 5.26 Å². The van der Waals surface area contributed by atoms with Crippen molar-refractivity contribution in [1.29, 1.82) is 5.26 Å². The molecule has 0 aliphatic heterocycles. The number of nitrogens with two attached hydrogens (primary N) is 1. The quantitative estimate of drug-likeness (QED) is 0.472. The van der Waals surface area contributed by atoms with Gasteiger partial charge in [0.05, 0.1) is 29.1 Å². The van der Waals surface area contributed by atoms with Crippen LogP contribution in [-0.4, -0.2) is 19.6 Å². The van der Waals surface area contributed by atoms with Crippen molar-refractivity contribution in [3.63, 3.8) is 0 Å². The number of anilines is 1. The first-order valence-electron chi connectivity index (χ1n) is 10.5. The minimum atomic E-state index is -0.984. The fourth-order valence-corrected chi connectivity index (χ4v) is 3.61. The first-order valence-corrected chi connectivity index (χ1v) is 10.5. The number of aromatic nitrogens is 3. The zero-order valence-corrected chi connectivity index (χ0v) is 18.7. The second-order valence-electron chi connectivity index (χ2n) is 8.42. The van der Waals surface area contributed by atoms with Crippen LogP contribution in [0.2, 0.25) is 0 Å². The van der Waals surface area contributed by atoms with Crippen LogP contribution in [-0.2, 0) is 12.1 Å². The van der Waals surface area contributed by atoms with Gasteiger partial charge >= 0.3 is 0 Å². The van der Waals surface area contributed by atoms with E-state index in [9.17, 15) is 14.3 Å². The van der Waals surface area contributed by atoms with Crippen molar-refractivity contribution in [1.82, 2.24) is 14.5 Å². The van der Waals surface area contributed by atoms with E-state index in [4.69, 9.17) is 11.0 Å². The molecule has 0 aliphatic carbocycles. The van der Waals surface area contributed by atoms with Crippen LogP contribution in [0.5, 0.6) is 0 Å². The molecule has 0 aliphatic rings. The Morgan fingerprint density at radius 3 is 2.53 bits per heavy atom. The number of benzene rings is 2. The number of halogens is 1. The lowest BCUT2D eigenvalue weighted by Crippen LogP contribution is -2.20. The van der Waals surface area contributed by atoms with Crippen LogP contribution < -0.4 is 11.3 Å². The van der Waals surface area contributed by atoms with E-state index in [1.807, 2.05) is 24.3 Å². The molecular formula is C26H22FN5O2. The van der Waals surface area contributed by atoms with Gasteiger partial charge in [-0.25, -0.2) is 14.4 Å². The Balaban J connectivity index is 1.68. The third-order valence-electron chi connectivity index (χ3n) is 5.42. The van der Waals surface area contributed by atoms with E-state index in [2.05, 4.69) is 9.97 Å². The summed E-state index contributed by atoms with van der Waals surface area (Å²) in [5.41, 5.74) is 7.33. The third kappa shape index (κ3) is 4.70. The van der Waals surface area contributed by atoms with E-state index in [1.165, 1.54) is 28.8 Å². The van der Waals surface area contributed by atoms with Crippen LogP contribution in [0.25, 0.3) is 22.5 Å². The minimum absolute atomic E-state index is 0.0816. The Labute approximate surface area is 195 Å². The Morgan fingerprint density at radius 1 is 1.09 bits per heavy atom. The highest BCUT2D eigenvalue weighted by Gasteiger charge is 2.17. The fraction of sp³-hybridized carbons (Fsp3) is 0.154. The lowest BCUT2D eigenvalue weighted by atomic mass is 9.96. The van der Waals surface area contributed by atoms with E-state index in [-0.39, 0.29) is 28.3 Å². The number of nitrogens with zero attached hydrogens (tertiary/aromatic N) is 4. The van der Waals surface area contributed by atoms with E-state index in [1.54, 1.807) is 38.2 Å². The van der Waals surface area contributed by atoms with Gasteiger partial charge in [0, 0.05) is 23.4 Å². The van der Waals surface area contributed by atoms with Crippen molar-refractivity contribution >= 4 is 5.95 Å². The highest BCUT2D eigenvalue weighted by Crippen LogP contribution is 2.27. The molecule has 0 spiro atoms. The third-order valence-corrected chi connectivity index (χ3v) is 5.42. The summed E-state index contributed by atoms with van der Waals surface area (Å²) in [6.45, 7) is 3.74. The summed E-state index contributed by atoms with van der Waals surface area (Å²) in [4.78, 5) is 21.1. The molecule has 7 nitrogen and oxygen atoms in total. The number of aliphatic hydroxyl groups is 1. The number of hydrogen-bond donors (Lipinski definition) is 2.